The molecule has 2 aromatic rings. The first-order valence-electron chi connectivity index (χ1n) is 8.73. The van der Waals surface area contributed by atoms with Crippen LogP contribution in [0.15, 0.2) is 28.8 Å². The third-order valence-corrected chi connectivity index (χ3v) is 4.55. The zero-order chi connectivity index (χ0) is 19.4. The minimum absolute atomic E-state index is 0.0455. The molecule has 2 amide bonds. The predicted molar refractivity (Wildman–Crippen MR) is 96.9 cm³/mol. The molecule has 0 atom stereocenters. The summed E-state index contributed by atoms with van der Waals surface area (Å²) in [5.41, 5.74) is 1.32. The topological polar surface area (TPSA) is 93.9 Å². The van der Waals surface area contributed by atoms with Crippen LogP contribution in [-0.2, 0) is 11.2 Å². The van der Waals surface area contributed by atoms with E-state index in [1.165, 1.54) is 0 Å². The standard InChI is InChI=1S/C19H23N3O5/c1-12-8-15(21-27-12)19(24)22-10-14(11-22)18(23)20-7-6-13-4-5-16(25-2)17(9-13)26-3/h4-5,8-9,14H,6-7,10-11H2,1-3H3,(H,20,23). The molecule has 1 saturated heterocycles. The maximum atomic E-state index is 12.2. The van der Waals surface area contributed by atoms with Gasteiger partial charge in [0.05, 0.1) is 20.1 Å². The van der Waals surface area contributed by atoms with Crippen LogP contribution in [0.25, 0.3) is 0 Å². The Bertz CT molecular complexity index is 827. The summed E-state index contributed by atoms with van der Waals surface area (Å²) in [5.74, 6) is 1.48. The second-order valence-electron chi connectivity index (χ2n) is 6.46. The molecule has 1 fully saturated rings. The normalized spacial score (nSPS) is 13.8. The monoisotopic (exact) mass is 373 g/mol. The van der Waals surface area contributed by atoms with E-state index in [0.717, 1.165) is 5.56 Å². The van der Waals surface area contributed by atoms with Crippen LogP contribution in [0, 0.1) is 12.8 Å². The van der Waals surface area contributed by atoms with E-state index in [0.29, 0.717) is 43.3 Å². The van der Waals surface area contributed by atoms with Crippen molar-refractivity contribution in [3.8, 4) is 11.5 Å². The summed E-state index contributed by atoms with van der Waals surface area (Å²) in [6.07, 6.45) is 0.680. The molecule has 3 rings (SSSR count). The molecule has 8 nitrogen and oxygen atoms in total. The highest BCUT2D eigenvalue weighted by Gasteiger charge is 2.36. The third-order valence-electron chi connectivity index (χ3n) is 4.55. The highest BCUT2D eigenvalue weighted by Crippen LogP contribution is 2.27. The predicted octanol–water partition coefficient (Wildman–Crippen LogP) is 1.43. The molecule has 1 aromatic heterocycles. The van der Waals surface area contributed by atoms with E-state index < -0.39 is 0 Å². The number of rotatable bonds is 7. The average Bonchev–Trinajstić information content (AvgIpc) is 3.06. The second kappa shape index (κ2) is 8.11. The van der Waals surface area contributed by atoms with Crippen molar-refractivity contribution in [2.24, 2.45) is 5.92 Å². The van der Waals surface area contributed by atoms with Gasteiger partial charge in [0.1, 0.15) is 5.76 Å². The van der Waals surface area contributed by atoms with Gasteiger partial charge in [0.2, 0.25) is 5.91 Å². The number of nitrogens with zero attached hydrogens (tertiary/aromatic N) is 2. The summed E-state index contributed by atoms with van der Waals surface area (Å²) in [7, 11) is 3.18. The van der Waals surface area contributed by atoms with Crippen molar-refractivity contribution < 1.29 is 23.6 Å². The maximum absolute atomic E-state index is 12.2. The fourth-order valence-corrected chi connectivity index (χ4v) is 2.95. The Hall–Kier alpha value is -3.03. The number of nitrogens with one attached hydrogen (secondary N) is 1. The molecule has 8 heteroatoms. The van der Waals surface area contributed by atoms with Crippen LogP contribution in [0.4, 0.5) is 0 Å². The van der Waals surface area contributed by atoms with Gasteiger partial charge >= 0.3 is 0 Å². The minimum atomic E-state index is -0.207. The Morgan fingerprint density at radius 2 is 1.96 bits per heavy atom. The number of ether oxygens (including phenoxy) is 2. The lowest BCUT2D eigenvalue weighted by Crippen LogP contribution is -2.55. The number of carbonyl (C=O) groups excluding carboxylic acids is 2. The Balaban J connectivity index is 1.43. The fourth-order valence-electron chi connectivity index (χ4n) is 2.95. The molecule has 1 aromatic carbocycles. The highest BCUT2D eigenvalue weighted by molar-refractivity contribution is 5.94. The van der Waals surface area contributed by atoms with E-state index >= 15 is 0 Å². The molecule has 0 unspecified atom stereocenters. The van der Waals surface area contributed by atoms with Gasteiger partial charge in [-0.2, -0.15) is 0 Å². The van der Waals surface area contributed by atoms with Crippen LogP contribution in [0.3, 0.4) is 0 Å². The van der Waals surface area contributed by atoms with Crippen molar-refractivity contribution in [1.82, 2.24) is 15.4 Å². The number of carbonyl (C=O) groups is 2. The van der Waals surface area contributed by atoms with Crippen LogP contribution in [-0.4, -0.2) is 55.7 Å². The van der Waals surface area contributed by atoms with E-state index in [4.69, 9.17) is 14.0 Å². The van der Waals surface area contributed by atoms with Crippen LogP contribution in [0.2, 0.25) is 0 Å². The molecule has 1 aliphatic rings. The van der Waals surface area contributed by atoms with Gasteiger partial charge in [-0.25, -0.2) is 0 Å². The Morgan fingerprint density at radius 3 is 2.59 bits per heavy atom. The van der Waals surface area contributed by atoms with Gasteiger partial charge in [-0.05, 0) is 31.0 Å². The lowest BCUT2D eigenvalue weighted by atomic mass is 9.98. The molecular formula is C19H23N3O5. The molecule has 144 valence electrons. The molecule has 2 heterocycles. The third kappa shape index (κ3) is 4.21. The quantitative estimate of drug-likeness (QED) is 0.789. The number of hydrogen-bond acceptors (Lipinski definition) is 6. The van der Waals surface area contributed by atoms with Crippen LogP contribution in [0.1, 0.15) is 21.8 Å². The summed E-state index contributed by atoms with van der Waals surface area (Å²) < 4.78 is 15.4. The van der Waals surface area contributed by atoms with E-state index in [1.54, 1.807) is 32.1 Å². The zero-order valence-corrected chi connectivity index (χ0v) is 15.7. The summed E-state index contributed by atoms with van der Waals surface area (Å²) >= 11 is 0. The molecular weight excluding hydrogens is 350 g/mol. The molecule has 0 spiro atoms. The van der Waals surface area contributed by atoms with Crippen LogP contribution < -0.4 is 14.8 Å². The summed E-state index contributed by atoms with van der Waals surface area (Å²) in [4.78, 5) is 26.0. The summed E-state index contributed by atoms with van der Waals surface area (Å²) in [6.45, 7) is 3.04. The van der Waals surface area contributed by atoms with Gasteiger partial charge in [-0.15, -0.1) is 0 Å². The number of aromatic nitrogens is 1. The van der Waals surface area contributed by atoms with Crippen molar-refractivity contribution in [3.05, 3.63) is 41.3 Å². The smallest absolute Gasteiger partial charge is 0.276 e. The lowest BCUT2D eigenvalue weighted by Gasteiger charge is -2.37. The molecule has 1 aliphatic heterocycles. The second-order valence-corrected chi connectivity index (χ2v) is 6.46. The average molecular weight is 373 g/mol. The first kappa shape index (κ1) is 18.8. The van der Waals surface area contributed by atoms with Crippen molar-refractivity contribution in [1.29, 1.82) is 0 Å². The maximum Gasteiger partial charge on any atom is 0.276 e. The number of hydrogen-bond donors (Lipinski definition) is 1. The van der Waals surface area contributed by atoms with Crippen LogP contribution >= 0.6 is 0 Å². The Kier molecular flexibility index (Phi) is 5.63. The molecule has 27 heavy (non-hydrogen) atoms. The zero-order valence-electron chi connectivity index (χ0n) is 15.7. The number of likely N-dealkylation sites (tertiary alicyclic amines) is 1. The SMILES string of the molecule is COc1ccc(CCNC(=O)C2CN(C(=O)c3cc(C)on3)C2)cc1OC. The molecule has 1 N–H and O–H groups in total. The van der Waals surface area contributed by atoms with Crippen molar-refractivity contribution in [2.75, 3.05) is 33.9 Å². The van der Waals surface area contributed by atoms with E-state index in [2.05, 4.69) is 10.5 Å². The van der Waals surface area contributed by atoms with E-state index in [-0.39, 0.29) is 23.4 Å². The molecule has 0 radical (unpaired) electrons. The van der Waals surface area contributed by atoms with Crippen molar-refractivity contribution in [3.63, 3.8) is 0 Å². The van der Waals surface area contributed by atoms with Crippen molar-refractivity contribution in [2.45, 2.75) is 13.3 Å². The number of methoxy groups -OCH3 is 2. The summed E-state index contributed by atoms with van der Waals surface area (Å²) in [6, 6.07) is 7.28. The first-order valence-corrected chi connectivity index (χ1v) is 8.73. The van der Waals surface area contributed by atoms with Gasteiger partial charge in [-0.1, -0.05) is 11.2 Å². The van der Waals surface area contributed by atoms with E-state index in [9.17, 15) is 9.59 Å². The minimum Gasteiger partial charge on any atom is -0.493 e. The lowest BCUT2D eigenvalue weighted by molar-refractivity contribution is -0.128. The van der Waals surface area contributed by atoms with Crippen molar-refractivity contribution >= 4 is 11.8 Å². The van der Waals surface area contributed by atoms with Gasteiger partial charge in [0.15, 0.2) is 17.2 Å². The molecule has 0 aliphatic carbocycles. The number of aryl methyl sites for hydroxylation is 1. The first-order chi connectivity index (χ1) is 13.0. The Labute approximate surface area is 157 Å². The van der Waals surface area contributed by atoms with Gasteiger partial charge in [0, 0.05) is 25.7 Å². The van der Waals surface area contributed by atoms with E-state index in [1.807, 2.05) is 18.2 Å². The number of benzene rings is 1. The van der Waals surface area contributed by atoms with Gasteiger partial charge in [-0.3, -0.25) is 9.59 Å². The molecule has 0 saturated carbocycles. The fraction of sp³-hybridized carbons (Fsp3) is 0.421. The number of amides is 2. The molecule has 0 bridgehead atoms. The Morgan fingerprint density at radius 1 is 1.22 bits per heavy atom. The largest absolute Gasteiger partial charge is 0.493 e. The van der Waals surface area contributed by atoms with Gasteiger partial charge < -0.3 is 24.2 Å². The summed E-state index contributed by atoms with van der Waals surface area (Å²) in [5, 5.41) is 6.63. The van der Waals surface area contributed by atoms with Crippen LogP contribution in [0.5, 0.6) is 11.5 Å². The van der Waals surface area contributed by atoms with Gasteiger partial charge in [0.25, 0.3) is 5.91 Å². The highest BCUT2D eigenvalue weighted by atomic mass is 16.5.